The number of carbonyl (C=O) groups is 1. The van der Waals surface area contributed by atoms with E-state index in [1.807, 2.05) is 31.2 Å². The third-order valence-corrected chi connectivity index (χ3v) is 2.84. The first-order chi connectivity index (χ1) is 9.24. The summed E-state index contributed by atoms with van der Waals surface area (Å²) in [6, 6.07) is 12.7. The number of aromatic nitrogens is 1. The number of aryl methyl sites for hydroxylation is 1. The molecule has 1 aromatic carbocycles. The molecule has 1 amide bonds. The summed E-state index contributed by atoms with van der Waals surface area (Å²) in [5.74, 6) is 1.13. The Kier molecular flexibility index (Phi) is 2.76. The minimum absolute atomic E-state index is 0.181. The number of nitrogens with zero attached hydrogens (tertiary/aromatic N) is 1. The highest BCUT2D eigenvalue weighted by Gasteiger charge is 2.11. The topological polar surface area (TPSA) is 55.1 Å². The highest BCUT2D eigenvalue weighted by atomic mass is 16.3. The van der Waals surface area contributed by atoms with Crippen LogP contribution >= 0.6 is 0 Å². The molecule has 0 spiro atoms. The van der Waals surface area contributed by atoms with E-state index in [0.29, 0.717) is 11.4 Å². The minimum atomic E-state index is -0.181. The van der Waals surface area contributed by atoms with Crippen LogP contribution in [0.3, 0.4) is 0 Å². The Labute approximate surface area is 110 Å². The van der Waals surface area contributed by atoms with E-state index in [2.05, 4.69) is 10.3 Å². The Morgan fingerprint density at radius 3 is 2.79 bits per heavy atom. The van der Waals surface area contributed by atoms with Crippen molar-refractivity contribution in [2.24, 2.45) is 0 Å². The van der Waals surface area contributed by atoms with E-state index in [9.17, 15) is 4.79 Å². The second-order valence-corrected chi connectivity index (χ2v) is 4.25. The zero-order valence-corrected chi connectivity index (χ0v) is 10.4. The SMILES string of the molecule is Cc1cc2c(NC(=O)c3ccccc3)nccc2o1. The van der Waals surface area contributed by atoms with E-state index in [1.54, 1.807) is 24.4 Å². The summed E-state index contributed by atoms with van der Waals surface area (Å²) >= 11 is 0. The van der Waals surface area contributed by atoms with Gasteiger partial charge in [-0.05, 0) is 31.2 Å². The lowest BCUT2D eigenvalue weighted by molar-refractivity contribution is 0.102. The van der Waals surface area contributed by atoms with Crippen LogP contribution in [-0.4, -0.2) is 10.9 Å². The minimum Gasteiger partial charge on any atom is -0.461 e. The normalized spacial score (nSPS) is 10.6. The maximum absolute atomic E-state index is 12.1. The van der Waals surface area contributed by atoms with Gasteiger partial charge in [0, 0.05) is 11.8 Å². The average Bonchev–Trinajstić information content (AvgIpc) is 2.81. The largest absolute Gasteiger partial charge is 0.461 e. The van der Waals surface area contributed by atoms with E-state index < -0.39 is 0 Å². The van der Waals surface area contributed by atoms with Crippen molar-refractivity contribution in [1.29, 1.82) is 0 Å². The van der Waals surface area contributed by atoms with E-state index >= 15 is 0 Å². The van der Waals surface area contributed by atoms with Gasteiger partial charge in [0.25, 0.3) is 5.91 Å². The zero-order valence-electron chi connectivity index (χ0n) is 10.4. The third-order valence-electron chi connectivity index (χ3n) is 2.84. The second kappa shape index (κ2) is 4.57. The maximum atomic E-state index is 12.1. The molecule has 0 aliphatic rings. The van der Waals surface area contributed by atoms with Crippen molar-refractivity contribution in [3.05, 3.63) is 60.0 Å². The highest BCUT2D eigenvalue weighted by molar-refractivity contribution is 6.07. The molecule has 0 saturated heterocycles. The molecule has 4 heteroatoms. The van der Waals surface area contributed by atoms with Crippen LogP contribution in [0, 0.1) is 6.92 Å². The predicted octanol–water partition coefficient (Wildman–Crippen LogP) is 3.39. The van der Waals surface area contributed by atoms with Gasteiger partial charge in [-0.1, -0.05) is 18.2 Å². The second-order valence-electron chi connectivity index (χ2n) is 4.25. The van der Waals surface area contributed by atoms with Crippen molar-refractivity contribution in [1.82, 2.24) is 4.98 Å². The zero-order chi connectivity index (χ0) is 13.2. The monoisotopic (exact) mass is 252 g/mol. The Hall–Kier alpha value is -2.62. The molecule has 2 heterocycles. The molecule has 0 unspecified atom stereocenters. The molecule has 0 fully saturated rings. The molecule has 0 bridgehead atoms. The number of benzene rings is 1. The van der Waals surface area contributed by atoms with Crippen LogP contribution < -0.4 is 5.32 Å². The van der Waals surface area contributed by atoms with Gasteiger partial charge in [0.15, 0.2) is 0 Å². The predicted molar refractivity (Wildman–Crippen MR) is 73.1 cm³/mol. The summed E-state index contributed by atoms with van der Waals surface area (Å²) < 4.78 is 5.50. The number of anilines is 1. The molecule has 0 radical (unpaired) electrons. The fraction of sp³-hybridized carbons (Fsp3) is 0.0667. The molecule has 3 rings (SSSR count). The van der Waals surface area contributed by atoms with Crippen LogP contribution in [0.4, 0.5) is 5.82 Å². The van der Waals surface area contributed by atoms with Gasteiger partial charge in [0.05, 0.1) is 5.39 Å². The molecule has 0 aliphatic carbocycles. The van der Waals surface area contributed by atoms with Crippen molar-refractivity contribution in [2.45, 2.75) is 6.92 Å². The van der Waals surface area contributed by atoms with Gasteiger partial charge in [-0.3, -0.25) is 4.79 Å². The molecule has 2 aromatic heterocycles. The smallest absolute Gasteiger partial charge is 0.256 e. The number of furan rings is 1. The summed E-state index contributed by atoms with van der Waals surface area (Å²) in [5.41, 5.74) is 1.32. The number of amides is 1. The fourth-order valence-electron chi connectivity index (χ4n) is 1.96. The first-order valence-electron chi connectivity index (χ1n) is 5.95. The quantitative estimate of drug-likeness (QED) is 0.760. The molecule has 0 atom stereocenters. The summed E-state index contributed by atoms with van der Waals surface area (Å²) in [6.07, 6.45) is 1.62. The van der Waals surface area contributed by atoms with Crippen LogP contribution in [-0.2, 0) is 0 Å². The molecule has 1 N–H and O–H groups in total. The number of nitrogens with one attached hydrogen (secondary N) is 1. The Morgan fingerprint density at radius 2 is 2.00 bits per heavy atom. The number of rotatable bonds is 2. The molecular weight excluding hydrogens is 240 g/mol. The number of hydrogen-bond donors (Lipinski definition) is 1. The summed E-state index contributed by atoms with van der Waals surface area (Å²) in [4.78, 5) is 16.3. The van der Waals surface area contributed by atoms with Crippen molar-refractivity contribution in [3.63, 3.8) is 0 Å². The van der Waals surface area contributed by atoms with Gasteiger partial charge >= 0.3 is 0 Å². The van der Waals surface area contributed by atoms with Crippen molar-refractivity contribution in [2.75, 3.05) is 5.32 Å². The molecular formula is C15H12N2O2. The number of fused-ring (bicyclic) bond motifs is 1. The lowest BCUT2D eigenvalue weighted by Gasteiger charge is -2.04. The summed E-state index contributed by atoms with van der Waals surface area (Å²) in [5, 5.41) is 3.61. The van der Waals surface area contributed by atoms with E-state index in [1.165, 1.54) is 0 Å². The van der Waals surface area contributed by atoms with Crippen molar-refractivity contribution >= 4 is 22.7 Å². The van der Waals surface area contributed by atoms with Crippen LogP contribution in [0.2, 0.25) is 0 Å². The fourth-order valence-corrected chi connectivity index (χ4v) is 1.96. The van der Waals surface area contributed by atoms with Crippen LogP contribution in [0.25, 0.3) is 11.0 Å². The number of pyridine rings is 1. The van der Waals surface area contributed by atoms with Crippen molar-refractivity contribution < 1.29 is 9.21 Å². The van der Waals surface area contributed by atoms with Gasteiger partial charge in [-0.2, -0.15) is 0 Å². The van der Waals surface area contributed by atoms with Gasteiger partial charge in [-0.25, -0.2) is 4.98 Å². The maximum Gasteiger partial charge on any atom is 0.256 e. The lowest BCUT2D eigenvalue weighted by atomic mass is 10.2. The Balaban J connectivity index is 1.95. The van der Waals surface area contributed by atoms with Gasteiger partial charge in [-0.15, -0.1) is 0 Å². The lowest BCUT2D eigenvalue weighted by Crippen LogP contribution is -2.12. The van der Waals surface area contributed by atoms with Gasteiger partial charge in [0.2, 0.25) is 0 Å². The summed E-state index contributed by atoms with van der Waals surface area (Å²) in [6.45, 7) is 1.86. The third kappa shape index (κ3) is 2.20. The Morgan fingerprint density at radius 1 is 1.21 bits per heavy atom. The highest BCUT2D eigenvalue weighted by Crippen LogP contribution is 2.24. The molecule has 3 aromatic rings. The van der Waals surface area contributed by atoms with E-state index in [4.69, 9.17) is 4.42 Å². The van der Waals surface area contributed by atoms with Gasteiger partial charge in [0.1, 0.15) is 17.2 Å². The molecule has 0 saturated carbocycles. The van der Waals surface area contributed by atoms with Crippen molar-refractivity contribution in [3.8, 4) is 0 Å². The average molecular weight is 252 g/mol. The summed E-state index contributed by atoms with van der Waals surface area (Å²) in [7, 11) is 0. The Bertz CT molecular complexity index is 732. The first-order valence-corrected chi connectivity index (χ1v) is 5.95. The van der Waals surface area contributed by atoms with Crippen LogP contribution in [0.1, 0.15) is 16.1 Å². The number of hydrogen-bond acceptors (Lipinski definition) is 3. The van der Waals surface area contributed by atoms with Crippen LogP contribution in [0.5, 0.6) is 0 Å². The van der Waals surface area contributed by atoms with Crippen LogP contribution in [0.15, 0.2) is 53.1 Å². The standard InChI is InChI=1S/C15H12N2O2/c1-10-9-12-13(19-10)7-8-16-14(12)17-15(18)11-5-3-2-4-6-11/h2-9H,1H3,(H,16,17,18). The molecule has 19 heavy (non-hydrogen) atoms. The van der Waals surface area contributed by atoms with E-state index in [0.717, 1.165) is 16.7 Å². The van der Waals surface area contributed by atoms with E-state index in [-0.39, 0.29) is 5.91 Å². The molecule has 0 aliphatic heterocycles. The first kappa shape index (κ1) is 11.5. The van der Waals surface area contributed by atoms with Gasteiger partial charge < -0.3 is 9.73 Å². The molecule has 4 nitrogen and oxygen atoms in total. The molecule has 94 valence electrons. The number of carbonyl (C=O) groups excluding carboxylic acids is 1.